The molecular weight excluding hydrogens is 357 g/mol. The topological polar surface area (TPSA) is 25.2 Å². The normalized spacial score (nSPS) is 12.8. The molecule has 2 aromatic carbocycles. The Morgan fingerprint density at radius 1 is 1.24 bits per heavy atom. The minimum Gasteiger partial charge on any atom is -0.456 e. The van der Waals surface area contributed by atoms with Gasteiger partial charge in [-0.2, -0.15) is 0 Å². The van der Waals surface area contributed by atoms with Crippen LogP contribution in [0.15, 0.2) is 51.4 Å². The van der Waals surface area contributed by atoms with Gasteiger partial charge in [0.25, 0.3) is 0 Å². The Bertz CT molecular complexity index is 802. The van der Waals surface area contributed by atoms with E-state index >= 15 is 0 Å². The molecule has 1 unspecified atom stereocenters. The monoisotopic (exact) mass is 367 g/mol. The van der Waals surface area contributed by atoms with Crippen LogP contribution < -0.4 is 5.32 Å². The van der Waals surface area contributed by atoms with Gasteiger partial charge in [-0.15, -0.1) is 0 Å². The first kappa shape index (κ1) is 14.6. The zero-order valence-corrected chi connectivity index (χ0v) is 13.5. The molecule has 1 N–H and O–H groups in total. The van der Waals surface area contributed by atoms with Crippen molar-refractivity contribution in [1.82, 2.24) is 5.32 Å². The molecule has 0 amide bonds. The Morgan fingerprint density at radius 2 is 2.05 bits per heavy atom. The first-order valence-corrected chi connectivity index (χ1v) is 7.57. The highest BCUT2D eigenvalue weighted by Gasteiger charge is 2.20. The average Bonchev–Trinajstić information content (AvgIpc) is 2.87. The van der Waals surface area contributed by atoms with Crippen LogP contribution in [0, 0.1) is 5.82 Å². The summed E-state index contributed by atoms with van der Waals surface area (Å²) in [4.78, 5) is 0. The van der Waals surface area contributed by atoms with Gasteiger partial charge in [-0.1, -0.05) is 45.7 Å². The van der Waals surface area contributed by atoms with E-state index in [2.05, 4.69) is 21.2 Å². The summed E-state index contributed by atoms with van der Waals surface area (Å²) in [6.07, 6.45) is 0. The van der Waals surface area contributed by atoms with Crippen molar-refractivity contribution in [3.05, 3.63) is 69.1 Å². The molecule has 1 atom stereocenters. The van der Waals surface area contributed by atoms with E-state index in [1.165, 1.54) is 6.07 Å². The van der Waals surface area contributed by atoms with Crippen molar-refractivity contribution in [3.8, 4) is 0 Å². The van der Waals surface area contributed by atoms with Crippen LogP contribution in [-0.2, 0) is 0 Å². The molecule has 5 heteroatoms. The maximum atomic E-state index is 13.8. The molecule has 1 aromatic heterocycles. The minimum atomic E-state index is -0.365. The van der Waals surface area contributed by atoms with Gasteiger partial charge in [0.15, 0.2) is 11.4 Å². The number of nitrogens with one attached hydrogen (secondary N) is 1. The van der Waals surface area contributed by atoms with E-state index in [9.17, 15) is 4.39 Å². The number of benzene rings is 2. The predicted molar refractivity (Wildman–Crippen MR) is 86.2 cm³/mol. The lowest BCUT2D eigenvalue weighted by Gasteiger charge is -2.15. The van der Waals surface area contributed by atoms with Gasteiger partial charge in [0.2, 0.25) is 0 Å². The SMILES string of the molecule is CNC(c1cc2cccc(F)c2o1)c1ccc(Br)cc1Cl. The fourth-order valence-corrected chi connectivity index (χ4v) is 3.16. The van der Waals surface area contributed by atoms with E-state index in [1.807, 2.05) is 37.4 Å². The largest absolute Gasteiger partial charge is 0.456 e. The zero-order chi connectivity index (χ0) is 15.0. The molecule has 0 aliphatic carbocycles. The van der Waals surface area contributed by atoms with E-state index in [0.717, 1.165) is 15.4 Å². The molecule has 3 aromatic rings. The van der Waals surface area contributed by atoms with Crippen LogP contribution in [-0.4, -0.2) is 7.05 Å². The Balaban J connectivity index is 2.11. The highest BCUT2D eigenvalue weighted by Crippen LogP contribution is 2.33. The molecule has 3 rings (SSSR count). The second-order valence-electron chi connectivity index (χ2n) is 4.69. The van der Waals surface area contributed by atoms with Crippen LogP contribution >= 0.6 is 27.5 Å². The smallest absolute Gasteiger partial charge is 0.169 e. The van der Waals surface area contributed by atoms with Crippen LogP contribution in [0.2, 0.25) is 5.02 Å². The second kappa shape index (κ2) is 5.79. The Hall–Kier alpha value is -1.36. The van der Waals surface area contributed by atoms with E-state index < -0.39 is 0 Å². The van der Waals surface area contributed by atoms with Gasteiger partial charge in [-0.05, 0) is 36.9 Å². The van der Waals surface area contributed by atoms with E-state index in [1.54, 1.807) is 6.07 Å². The first-order chi connectivity index (χ1) is 10.1. The lowest BCUT2D eigenvalue weighted by atomic mass is 10.0. The van der Waals surface area contributed by atoms with E-state index in [-0.39, 0.29) is 17.4 Å². The highest BCUT2D eigenvalue weighted by atomic mass is 79.9. The van der Waals surface area contributed by atoms with Crippen molar-refractivity contribution < 1.29 is 8.81 Å². The molecule has 108 valence electrons. The second-order valence-corrected chi connectivity index (χ2v) is 6.02. The van der Waals surface area contributed by atoms with E-state index in [4.69, 9.17) is 16.0 Å². The molecule has 0 aliphatic rings. The first-order valence-electron chi connectivity index (χ1n) is 6.40. The van der Waals surface area contributed by atoms with Crippen molar-refractivity contribution >= 4 is 38.5 Å². The fraction of sp³-hybridized carbons (Fsp3) is 0.125. The summed E-state index contributed by atoms with van der Waals surface area (Å²) < 4.78 is 20.3. The number of halogens is 3. The maximum absolute atomic E-state index is 13.8. The molecule has 0 saturated carbocycles. The van der Waals surface area contributed by atoms with Crippen LogP contribution in [0.25, 0.3) is 11.0 Å². The van der Waals surface area contributed by atoms with Gasteiger partial charge in [-0.3, -0.25) is 0 Å². The predicted octanol–water partition coefficient (Wildman–Crippen LogP) is 5.30. The molecule has 0 spiro atoms. The Morgan fingerprint density at radius 3 is 2.71 bits per heavy atom. The van der Waals surface area contributed by atoms with Crippen molar-refractivity contribution in [2.24, 2.45) is 0 Å². The number of hydrogen-bond donors (Lipinski definition) is 1. The maximum Gasteiger partial charge on any atom is 0.169 e. The summed E-state index contributed by atoms with van der Waals surface area (Å²) in [5, 5.41) is 4.51. The third kappa shape index (κ3) is 2.71. The Labute approximate surface area is 135 Å². The quantitative estimate of drug-likeness (QED) is 0.679. The highest BCUT2D eigenvalue weighted by molar-refractivity contribution is 9.10. The summed E-state index contributed by atoms with van der Waals surface area (Å²) in [5.74, 6) is 0.261. The molecule has 0 radical (unpaired) electrons. The van der Waals surface area contributed by atoms with Crippen LogP contribution in [0.5, 0.6) is 0 Å². The summed E-state index contributed by atoms with van der Waals surface area (Å²) >= 11 is 9.68. The number of hydrogen-bond acceptors (Lipinski definition) is 2. The van der Waals surface area contributed by atoms with Crippen LogP contribution in [0.3, 0.4) is 0 Å². The molecular formula is C16H12BrClFNO. The molecule has 0 aliphatic heterocycles. The van der Waals surface area contributed by atoms with Gasteiger partial charge < -0.3 is 9.73 Å². The number of furan rings is 1. The van der Waals surface area contributed by atoms with Gasteiger partial charge in [-0.25, -0.2) is 4.39 Å². The van der Waals surface area contributed by atoms with Gasteiger partial charge >= 0.3 is 0 Å². The molecule has 1 heterocycles. The van der Waals surface area contributed by atoms with Crippen LogP contribution in [0.1, 0.15) is 17.4 Å². The third-order valence-electron chi connectivity index (χ3n) is 3.36. The lowest BCUT2D eigenvalue weighted by molar-refractivity contribution is 0.476. The number of para-hydroxylation sites is 1. The summed E-state index contributed by atoms with van der Waals surface area (Å²) in [5.41, 5.74) is 1.14. The van der Waals surface area contributed by atoms with Crippen molar-refractivity contribution in [2.75, 3.05) is 7.05 Å². The summed E-state index contributed by atoms with van der Waals surface area (Å²) in [7, 11) is 1.81. The summed E-state index contributed by atoms with van der Waals surface area (Å²) in [6.45, 7) is 0. The van der Waals surface area contributed by atoms with Gasteiger partial charge in [0.05, 0.1) is 6.04 Å². The molecule has 2 nitrogen and oxygen atoms in total. The standard InChI is InChI=1S/C16H12BrClFNO/c1-20-15(11-6-5-10(17)8-12(11)18)14-7-9-3-2-4-13(19)16(9)21-14/h2-8,15,20H,1H3. The molecule has 21 heavy (non-hydrogen) atoms. The zero-order valence-electron chi connectivity index (χ0n) is 11.2. The molecule has 0 fully saturated rings. The van der Waals surface area contributed by atoms with Gasteiger partial charge in [0.1, 0.15) is 5.76 Å². The summed E-state index contributed by atoms with van der Waals surface area (Å²) in [6, 6.07) is 12.1. The van der Waals surface area contributed by atoms with Crippen LogP contribution in [0.4, 0.5) is 4.39 Å². The fourth-order valence-electron chi connectivity index (χ4n) is 2.38. The Kier molecular flexibility index (Phi) is 4.02. The number of fused-ring (bicyclic) bond motifs is 1. The number of rotatable bonds is 3. The van der Waals surface area contributed by atoms with Gasteiger partial charge in [0, 0.05) is 14.9 Å². The lowest BCUT2D eigenvalue weighted by Crippen LogP contribution is -2.17. The van der Waals surface area contributed by atoms with Crippen molar-refractivity contribution in [3.63, 3.8) is 0 Å². The molecule has 0 saturated heterocycles. The third-order valence-corrected chi connectivity index (χ3v) is 4.18. The van der Waals surface area contributed by atoms with Crippen molar-refractivity contribution in [1.29, 1.82) is 0 Å². The average molecular weight is 369 g/mol. The molecule has 0 bridgehead atoms. The van der Waals surface area contributed by atoms with Crippen molar-refractivity contribution in [2.45, 2.75) is 6.04 Å². The van der Waals surface area contributed by atoms with E-state index in [0.29, 0.717) is 10.8 Å². The minimum absolute atomic E-state index is 0.239.